The zero-order valence-electron chi connectivity index (χ0n) is 45.2. The second kappa shape index (κ2) is 24.7. The van der Waals surface area contributed by atoms with Gasteiger partial charge >= 0.3 is 0 Å². The Labute approximate surface area is 472 Å². The van der Waals surface area contributed by atoms with Crippen LogP contribution in [0.25, 0.3) is 22.9 Å². The smallest absolute Gasteiger partial charge is 0.295 e. The standard InChI is InChI=1S/C53H54N10O15S4/c1-10-34-20-37(79(64,65)66)23-52(81(70,71)72)39(34)13-14-56-58-41-15-30(3)42(16-29(41)2)60-61-44-25-49(76-7)46(17-31(44)4)54-28-55-47-18-32(5)45(26-50(47)77-8)62-63-48-19-33(6)43(27-51(48)78-9)59-57-36-12-11-35-21-38(80(67,68)69)24-53(40(35)22-36)82(73,74)75/h10-13,15-27,54-55H,14,28H2,1-9H3,(H,64,65,66)(H,67,68,69)(H,70,71,72)(H,73,74,75)/b34-10-,39-13+,58-56-,59-57?,61-60-,63-62?. The van der Waals surface area contributed by atoms with Crippen LogP contribution in [0.5, 0.6) is 17.2 Å². The lowest BCUT2D eigenvalue weighted by Crippen LogP contribution is -2.31. The highest BCUT2D eigenvalue weighted by Crippen LogP contribution is 2.40. The molecule has 0 aliphatic rings. The molecular formula is C53H54N10O15S4. The van der Waals surface area contributed by atoms with Gasteiger partial charge in [0, 0.05) is 28.8 Å². The predicted molar refractivity (Wildman–Crippen MR) is 307 cm³/mol. The number of nitrogens with one attached hydrogen (secondary N) is 2. The number of hydrogen-bond donors (Lipinski definition) is 6. The molecule has 7 aromatic rings. The molecule has 29 heteroatoms. The summed E-state index contributed by atoms with van der Waals surface area (Å²) in [6.45, 7) is 10.7. The van der Waals surface area contributed by atoms with Gasteiger partial charge in [-0.1, -0.05) is 18.2 Å². The summed E-state index contributed by atoms with van der Waals surface area (Å²) in [6.07, 6.45) is 2.78. The maximum absolute atomic E-state index is 12.2. The fraction of sp³-hybridized carbons (Fsp3) is 0.208. The van der Waals surface area contributed by atoms with Crippen LogP contribution < -0.4 is 35.3 Å². The number of nitrogens with zero attached hydrogens (tertiary/aromatic N) is 8. The van der Waals surface area contributed by atoms with Crippen molar-refractivity contribution in [3.8, 4) is 17.2 Å². The number of ether oxygens (including phenoxy) is 3. The zero-order chi connectivity index (χ0) is 60.1. The minimum Gasteiger partial charge on any atom is -0.495 e. The van der Waals surface area contributed by atoms with E-state index in [0.29, 0.717) is 86.0 Å². The van der Waals surface area contributed by atoms with Gasteiger partial charge < -0.3 is 24.8 Å². The van der Waals surface area contributed by atoms with E-state index in [-0.39, 0.29) is 40.1 Å². The van der Waals surface area contributed by atoms with E-state index in [1.165, 1.54) is 58.6 Å². The highest BCUT2D eigenvalue weighted by molar-refractivity contribution is 7.87. The summed E-state index contributed by atoms with van der Waals surface area (Å²) in [4.78, 5) is -2.86. The number of aryl methyl sites for hydroxylation is 5. The topological polar surface area (TPSA) is 368 Å². The van der Waals surface area contributed by atoms with Crippen molar-refractivity contribution in [2.45, 2.75) is 61.1 Å². The van der Waals surface area contributed by atoms with Crippen LogP contribution in [0.2, 0.25) is 0 Å². The van der Waals surface area contributed by atoms with Gasteiger partial charge in [-0.2, -0.15) is 69.5 Å². The van der Waals surface area contributed by atoms with Crippen molar-refractivity contribution in [3.05, 3.63) is 129 Å². The van der Waals surface area contributed by atoms with Crippen LogP contribution in [0.1, 0.15) is 34.7 Å². The SMILES string of the molecule is C/C=c1/cc(S(=O)(=O)O)cc(S(=O)(=O)O)/c1=C/C/N=N\c1cc(C)c(/N=N\c2cc(OC)c(NCNc3cc(C)c(N=Nc4cc(C)c(N=Nc5ccc6cc(S(=O)(=O)O)cc(S(=O)(=O)O)c6c5)cc4OC)cc3OC)cc2C)cc1C. The quantitative estimate of drug-likeness (QED) is 0.0234. The van der Waals surface area contributed by atoms with E-state index in [1.807, 2.05) is 32.9 Å². The van der Waals surface area contributed by atoms with Crippen LogP contribution in [0, 0.1) is 34.6 Å². The van der Waals surface area contributed by atoms with E-state index in [1.54, 1.807) is 50.2 Å². The van der Waals surface area contributed by atoms with Crippen LogP contribution in [-0.2, 0) is 40.5 Å². The molecule has 0 saturated carbocycles. The first-order valence-electron chi connectivity index (χ1n) is 24.1. The Bertz CT molecular complexity index is 4440. The molecule has 0 amide bonds. The Morgan fingerprint density at radius 2 is 0.890 bits per heavy atom. The molecule has 0 spiro atoms. The number of rotatable bonds is 20. The summed E-state index contributed by atoms with van der Waals surface area (Å²) in [5.74, 6) is 1.27. The summed E-state index contributed by atoms with van der Waals surface area (Å²) in [7, 11) is -14.9. The maximum atomic E-state index is 12.2. The van der Waals surface area contributed by atoms with Gasteiger partial charge in [0.15, 0.2) is 0 Å². The number of hydrogen-bond acceptors (Lipinski definition) is 21. The number of methoxy groups -OCH3 is 3. The van der Waals surface area contributed by atoms with Crippen LogP contribution >= 0.6 is 0 Å². The lowest BCUT2D eigenvalue weighted by atomic mass is 10.1. The van der Waals surface area contributed by atoms with Gasteiger partial charge in [-0.05, 0) is 147 Å². The number of benzene rings is 7. The van der Waals surface area contributed by atoms with Crippen molar-refractivity contribution in [1.29, 1.82) is 0 Å². The number of azo groups is 4. The molecule has 0 bridgehead atoms. The molecule has 25 nitrogen and oxygen atoms in total. The van der Waals surface area contributed by atoms with Gasteiger partial charge in [0.05, 0.1) is 89.8 Å². The molecule has 0 radical (unpaired) electrons. The second-order valence-electron chi connectivity index (χ2n) is 18.1. The van der Waals surface area contributed by atoms with E-state index < -0.39 is 60.1 Å². The van der Waals surface area contributed by atoms with Crippen LogP contribution in [0.15, 0.2) is 151 Å². The minimum absolute atomic E-state index is 0.0150. The Balaban J connectivity index is 1.01. The summed E-state index contributed by atoms with van der Waals surface area (Å²) in [6, 6.07) is 21.6. The summed E-state index contributed by atoms with van der Waals surface area (Å²) in [5, 5.41) is 41.8. The van der Waals surface area contributed by atoms with Crippen molar-refractivity contribution in [1.82, 2.24) is 0 Å². The molecule has 0 aromatic heterocycles. The Hall–Kier alpha value is -8.42. The zero-order valence-corrected chi connectivity index (χ0v) is 48.5. The largest absolute Gasteiger partial charge is 0.495 e. The van der Waals surface area contributed by atoms with Crippen molar-refractivity contribution in [2.24, 2.45) is 40.9 Å². The molecule has 430 valence electrons. The minimum atomic E-state index is -4.92. The molecule has 6 N–H and O–H groups in total. The first-order valence-corrected chi connectivity index (χ1v) is 29.8. The van der Waals surface area contributed by atoms with Gasteiger partial charge in [-0.25, -0.2) is 0 Å². The third-order valence-corrected chi connectivity index (χ3v) is 15.9. The monoisotopic (exact) mass is 1200 g/mol. The highest BCUT2D eigenvalue weighted by atomic mass is 32.2. The molecule has 7 rings (SSSR count). The second-order valence-corrected chi connectivity index (χ2v) is 23.7. The molecule has 0 atom stereocenters. The van der Waals surface area contributed by atoms with E-state index >= 15 is 0 Å². The molecule has 0 fully saturated rings. The summed E-state index contributed by atoms with van der Waals surface area (Å²) >= 11 is 0. The van der Waals surface area contributed by atoms with Gasteiger partial charge in [0.2, 0.25) is 0 Å². The molecule has 82 heavy (non-hydrogen) atoms. The maximum Gasteiger partial charge on any atom is 0.295 e. The molecular weight excluding hydrogens is 1140 g/mol. The molecule has 7 aromatic carbocycles. The van der Waals surface area contributed by atoms with E-state index in [0.717, 1.165) is 28.8 Å². The predicted octanol–water partition coefficient (Wildman–Crippen LogP) is 11.5. The first-order chi connectivity index (χ1) is 38.5. The number of anilines is 2. The lowest BCUT2D eigenvalue weighted by molar-refractivity contribution is 0.415. The normalized spacial score (nSPS) is 13.1. The van der Waals surface area contributed by atoms with Gasteiger partial charge in [-0.15, -0.1) is 5.11 Å². The fourth-order valence-electron chi connectivity index (χ4n) is 8.16. The molecule has 0 aliphatic carbocycles. The lowest BCUT2D eigenvalue weighted by Gasteiger charge is -2.17. The highest BCUT2D eigenvalue weighted by Gasteiger charge is 2.22. The molecule has 0 saturated heterocycles. The van der Waals surface area contributed by atoms with E-state index in [2.05, 4.69) is 51.5 Å². The van der Waals surface area contributed by atoms with E-state index in [9.17, 15) is 51.9 Å². The molecule has 0 unspecified atom stereocenters. The average molecular weight is 1200 g/mol. The van der Waals surface area contributed by atoms with Crippen molar-refractivity contribution >= 4 is 115 Å². The number of fused-ring (bicyclic) bond motifs is 1. The van der Waals surface area contributed by atoms with Crippen molar-refractivity contribution in [3.63, 3.8) is 0 Å². The van der Waals surface area contributed by atoms with Crippen molar-refractivity contribution in [2.75, 3.05) is 45.2 Å². The summed E-state index contributed by atoms with van der Waals surface area (Å²) < 4.78 is 151. The first kappa shape index (κ1) is 61.2. The molecule has 0 heterocycles. The van der Waals surface area contributed by atoms with Crippen LogP contribution in [-0.4, -0.2) is 86.4 Å². The third-order valence-electron chi connectivity index (χ3n) is 12.4. The van der Waals surface area contributed by atoms with Gasteiger partial charge in [-0.3, -0.25) is 18.2 Å². The van der Waals surface area contributed by atoms with Crippen LogP contribution in [0.3, 0.4) is 0 Å². The summed E-state index contributed by atoms with van der Waals surface area (Å²) in [5.41, 5.74) is 7.92. The van der Waals surface area contributed by atoms with Crippen molar-refractivity contribution < 1.29 is 66.1 Å². The third kappa shape index (κ3) is 14.5. The van der Waals surface area contributed by atoms with Gasteiger partial charge in [0.25, 0.3) is 40.5 Å². The van der Waals surface area contributed by atoms with Gasteiger partial charge in [0.1, 0.15) is 32.7 Å². The fourth-order valence-corrected chi connectivity index (χ4v) is 10.9. The molecule has 0 aliphatic heterocycles. The average Bonchev–Trinajstić information content (AvgIpc) is 3.49. The van der Waals surface area contributed by atoms with Crippen LogP contribution in [0.4, 0.5) is 51.2 Å². The van der Waals surface area contributed by atoms with E-state index in [4.69, 9.17) is 14.2 Å². The Morgan fingerprint density at radius 1 is 0.463 bits per heavy atom. The Morgan fingerprint density at radius 3 is 1.38 bits per heavy atom. The Kier molecular flexibility index (Phi) is 18.5.